The highest BCUT2D eigenvalue weighted by molar-refractivity contribution is 7.89. The normalized spacial score (nSPS) is 13.1. The van der Waals surface area contributed by atoms with Gasteiger partial charge >= 0.3 is 0 Å². The summed E-state index contributed by atoms with van der Waals surface area (Å²) in [5.41, 5.74) is 0.253. The Morgan fingerprint density at radius 2 is 1.94 bits per heavy atom. The summed E-state index contributed by atoms with van der Waals surface area (Å²) in [6, 6.07) is 5.26. The molecule has 18 heavy (non-hydrogen) atoms. The number of fused-ring (bicyclic) bond motifs is 1. The molecule has 1 aromatic heterocycles. The lowest BCUT2D eigenvalue weighted by molar-refractivity contribution is 0.492. The number of hydrogen-bond acceptors (Lipinski definition) is 4. The van der Waals surface area contributed by atoms with E-state index < -0.39 is 15.6 Å². The zero-order chi connectivity index (χ0) is 13.6. The topological polar surface area (TPSA) is 59.1 Å². The molecule has 6 heteroatoms. The Labute approximate surface area is 111 Å². The third kappa shape index (κ3) is 2.55. The fraction of sp³-hybridized carbons (Fsp3) is 0.417. The van der Waals surface area contributed by atoms with Gasteiger partial charge in [-0.15, -0.1) is 0 Å². The highest BCUT2D eigenvalue weighted by Crippen LogP contribution is 2.29. The number of hydrogen-bond donors (Lipinski definition) is 1. The zero-order valence-electron chi connectivity index (χ0n) is 10.8. The van der Waals surface area contributed by atoms with Crippen LogP contribution in [0.4, 0.5) is 0 Å². The van der Waals surface area contributed by atoms with Crippen LogP contribution in [0.5, 0.6) is 0 Å². The van der Waals surface area contributed by atoms with Crippen molar-refractivity contribution in [1.82, 2.24) is 9.10 Å². The molecule has 0 fully saturated rings. The number of aryl methyl sites for hydroxylation is 1. The Morgan fingerprint density at radius 3 is 2.56 bits per heavy atom. The summed E-state index contributed by atoms with van der Waals surface area (Å²) >= 11 is 1.32. The highest BCUT2D eigenvalue weighted by Gasteiger charge is 2.25. The molecule has 4 nitrogen and oxygen atoms in total. The van der Waals surface area contributed by atoms with E-state index in [9.17, 15) is 8.42 Å². The Balaban J connectivity index is 2.64. The maximum atomic E-state index is 12.4. The summed E-state index contributed by atoms with van der Waals surface area (Å²) in [4.78, 5) is 0.307. The molecule has 0 bridgehead atoms. The van der Waals surface area contributed by atoms with Crippen LogP contribution in [-0.2, 0) is 10.0 Å². The van der Waals surface area contributed by atoms with Crippen LogP contribution in [0, 0.1) is 6.92 Å². The van der Waals surface area contributed by atoms with E-state index in [2.05, 4.69) is 9.10 Å². The van der Waals surface area contributed by atoms with Crippen molar-refractivity contribution >= 4 is 31.6 Å². The van der Waals surface area contributed by atoms with Crippen molar-refractivity contribution in [3.05, 3.63) is 23.9 Å². The van der Waals surface area contributed by atoms with E-state index in [-0.39, 0.29) is 0 Å². The number of nitrogens with zero attached hydrogens (tertiary/aromatic N) is 1. The molecule has 2 rings (SSSR count). The van der Waals surface area contributed by atoms with Gasteiger partial charge in [0, 0.05) is 10.9 Å². The van der Waals surface area contributed by atoms with Gasteiger partial charge in [-0.2, -0.15) is 4.37 Å². The minimum atomic E-state index is -3.52. The SMILES string of the molecule is Cc1nsc2cccc(S(=O)(=O)NC(C)(C)C)c12. The molecule has 0 aliphatic rings. The van der Waals surface area contributed by atoms with Crippen molar-refractivity contribution in [3.63, 3.8) is 0 Å². The quantitative estimate of drug-likeness (QED) is 0.922. The van der Waals surface area contributed by atoms with Gasteiger partial charge in [-0.25, -0.2) is 13.1 Å². The Morgan fingerprint density at radius 1 is 1.28 bits per heavy atom. The molecule has 1 heterocycles. The van der Waals surface area contributed by atoms with Crippen molar-refractivity contribution in [3.8, 4) is 0 Å². The first kappa shape index (κ1) is 13.5. The summed E-state index contributed by atoms with van der Waals surface area (Å²) in [7, 11) is -3.52. The van der Waals surface area contributed by atoms with Gasteiger partial charge in [0.05, 0.1) is 15.3 Å². The second-order valence-electron chi connectivity index (χ2n) is 5.25. The van der Waals surface area contributed by atoms with Gasteiger partial charge in [0.1, 0.15) is 0 Å². The number of rotatable bonds is 2. The molecule has 1 N–H and O–H groups in total. The minimum Gasteiger partial charge on any atom is -0.207 e. The molecule has 0 amide bonds. The van der Waals surface area contributed by atoms with Gasteiger partial charge in [0.15, 0.2) is 0 Å². The number of benzene rings is 1. The first-order valence-electron chi connectivity index (χ1n) is 5.60. The van der Waals surface area contributed by atoms with E-state index in [0.29, 0.717) is 4.90 Å². The lowest BCUT2D eigenvalue weighted by atomic mass is 10.1. The van der Waals surface area contributed by atoms with Crippen LogP contribution >= 0.6 is 11.5 Å². The smallest absolute Gasteiger partial charge is 0.207 e. The van der Waals surface area contributed by atoms with Crippen molar-refractivity contribution in [2.75, 3.05) is 0 Å². The molecule has 0 spiro atoms. The standard InChI is InChI=1S/C12H16N2O2S2/c1-8-11-9(17-13-8)6-5-7-10(11)18(15,16)14-12(2,3)4/h5-7,14H,1-4H3. The summed E-state index contributed by atoms with van der Waals surface area (Å²) in [5.74, 6) is 0. The van der Waals surface area contributed by atoms with Gasteiger partial charge in [0.2, 0.25) is 10.0 Å². The van der Waals surface area contributed by atoms with E-state index >= 15 is 0 Å². The molecule has 2 aromatic rings. The molecule has 0 radical (unpaired) electrons. The first-order valence-corrected chi connectivity index (χ1v) is 7.85. The van der Waals surface area contributed by atoms with Crippen molar-refractivity contribution in [2.45, 2.75) is 38.1 Å². The summed E-state index contributed by atoms with van der Waals surface area (Å²) in [6.45, 7) is 7.30. The van der Waals surface area contributed by atoms with Crippen molar-refractivity contribution in [2.24, 2.45) is 0 Å². The fourth-order valence-corrected chi connectivity index (χ4v) is 4.37. The molecule has 0 atom stereocenters. The second kappa shape index (κ2) is 4.29. The van der Waals surface area contributed by atoms with Gasteiger partial charge in [0.25, 0.3) is 0 Å². The number of sulfonamides is 1. The van der Waals surface area contributed by atoms with Crippen LogP contribution in [-0.4, -0.2) is 18.3 Å². The number of aromatic nitrogens is 1. The van der Waals surface area contributed by atoms with Crippen molar-refractivity contribution in [1.29, 1.82) is 0 Å². The third-order valence-corrected chi connectivity index (χ3v) is 5.06. The lowest BCUT2D eigenvalue weighted by Gasteiger charge is -2.20. The Hall–Kier alpha value is -0.980. The van der Waals surface area contributed by atoms with E-state index in [1.54, 1.807) is 12.1 Å². The largest absolute Gasteiger partial charge is 0.241 e. The average Bonchev–Trinajstić information content (AvgIpc) is 2.57. The Bertz CT molecular complexity index is 682. The fourth-order valence-electron chi connectivity index (χ4n) is 1.79. The van der Waals surface area contributed by atoms with Crippen LogP contribution in [0.1, 0.15) is 26.5 Å². The van der Waals surface area contributed by atoms with Crippen LogP contribution in [0.2, 0.25) is 0 Å². The summed E-state index contributed by atoms with van der Waals surface area (Å²) in [5, 5.41) is 0.722. The summed E-state index contributed by atoms with van der Waals surface area (Å²) in [6.07, 6.45) is 0. The van der Waals surface area contributed by atoms with E-state index in [0.717, 1.165) is 15.8 Å². The molecular formula is C12H16N2O2S2. The summed E-state index contributed by atoms with van der Waals surface area (Å²) < 4.78 is 32.5. The molecule has 0 saturated heterocycles. The predicted octanol–water partition coefficient (Wildman–Crippen LogP) is 2.68. The lowest BCUT2D eigenvalue weighted by Crippen LogP contribution is -2.40. The molecule has 98 valence electrons. The van der Waals surface area contributed by atoms with Gasteiger partial charge < -0.3 is 0 Å². The van der Waals surface area contributed by atoms with Crippen LogP contribution in [0.25, 0.3) is 10.1 Å². The molecule has 0 aliphatic carbocycles. The molecule has 0 unspecified atom stereocenters. The van der Waals surface area contributed by atoms with Crippen LogP contribution in [0.3, 0.4) is 0 Å². The number of nitrogens with one attached hydrogen (secondary N) is 1. The van der Waals surface area contributed by atoms with E-state index in [1.807, 2.05) is 33.8 Å². The predicted molar refractivity (Wildman–Crippen MR) is 74.4 cm³/mol. The van der Waals surface area contributed by atoms with E-state index in [4.69, 9.17) is 0 Å². The van der Waals surface area contributed by atoms with Gasteiger partial charge in [-0.1, -0.05) is 6.07 Å². The Kier molecular flexibility index (Phi) is 3.21. The molecule has 1 aromatic carbocycles. The van der Waals surface area contributed by atoms with Gasteiger partial charge in [-0.05, 0) is 51.4 Å². The van der Waals surface area contributed by atoms with Gasteiger partial charge in [-0.3, -0.25) is 0 Å². The average molecular weight is 284 g/mol. The minimum absolute atomic E-state index is 0.307. The van der Waals surface area contributed by atoms with Crippen LogP contribution in [0.15, 0.2) is 23.1 Å². The zero-order valence-corrected chi connectivity index (χ0v) is 12.4. The van der Waals surface area contributed by atoms with Crippen LogP contribution < -0.4 is 4.72 Å². The molecule has 0 aliphatic heterocycles. The highest BCUT2D eigenvalue weighted by atomic mass is 32.2. The monoisotopic (exact) mass is 284 g/mol. The van der Waals surface area contributed by atoms with E-state index in [1.165, 1.54) is 11.5 Å². The maximum Gasteiger partial charge on any atom is 0.241 e. The molecule has 0 saturated carbocycles. The molecular weight excluding hydrogens is 268 g/mol. The third-order valence-electron chi connectivity index (χ3n) is 2.36. The maximum absolute atomic E-state index is 12.4. The second-order valence-corrected chi connectivity index (χ2v) is 7.71. The first-order chi connectivity index (χ1) is 8.21. The van der Waals surface area contributed by atoms with Crippen molar-refractivity contribution < 1.29 is 8.42 Å².